The van der Waals surface area contributed by atoms with Crippen molar-refractivity contribution in [3.05, 3.63) is 15.5 Å². The van der Waals surface area contributed by atoms with Crippen LogP contribution in [0.25, 0.3) is 0 Å². The van der Waals surface area contributed by atoms with Crippen LogP contribution < -0.4 is 11.5 Å². The van der Waals surface area contributed by atoms with Crippen molar-refractivity contribution in [3.63, 3.8) is 0 Å². The fourth-order valence-electron chi connectivity index (χ4n) is 0.720. The number of aromatic nitrogens is 1. The minimum atomic E-state index is 0.0199. The lowest BCUT2D eigenvalue weighted by atomic mass is 10.2. The van der Waals surface area contributed by atoms with Crippen LogP contribution in [0, 0.1) is 0 Å². The van der Waals surface area contributed by atoms with E-state index in [1.807, 2.05) is 0 Å². The SMILES string of the molecule is NCC(N)Cc1cnc(Cl)s1. The molecule has 0 aliphatic rings. The van der Waals surface area contributed by atoms with E-state index >= 15 is 0 Å². The van der Waals surface area contributed by atoms with Crippen LogP contribution in [0.3, 0.4) is 0 Å². The van der Waals surface area contributed by atoms with E-state index in [2.05, 4.69) is 4.98 Å². The van der Waals surface area contributed by atoms with E-state index in [1.165, 1.54) is 11.3 Å². The highest BCUT2D eigenvalue weighted by Gasteiger charge is 2.04. The van der Waals surface area contributed by atoms with E-state index in [0.717, 1.165) is 11.3 Å². The summed E-state index contributed by atoms with van der Waals surface area (Å²) in [5, 5.41) is 0. The molecule has 0 spiro atoms. The molecule has 0 fully saturated rings. The molecule has 1 atom stereocenters. The van der Waals surface area contributed by atoms with Crippen molar-refractivity contribution >= 4 is 22.9 Å². The first-order valence-electron chi connectivity index (χ1n) is 3.28. The first-order chi connectivity index (χ1) is 5.22. The Balaban J connectivity index is 2.50. The topological polar surface area (TPSA) is 64.9 Å². The van der Waals surface area contributed by atoms with Gasteiger partial charge in [0.1, 0.15) is 0 Å². The molecule has 0 amide bonds. The van der Waals surface area contributed by atoms with Gasteiger partial charge in [0.25, 0.3) is 0 Å². The molecule has 4 N–H and O–H groups in total. The summed E-state index contributed by atoms with van der Waals surface area (Å²) < 4.78 is 0.559. The van der Waals surface area contributed by atoms with Gasteiger partial charge in [0.2, 0.25) is 0 Å². The minimum Gasteiger partial charge on any atom is -0.329 e. The number of rotatable bonds is 3. The van der Waals surface area contributed by atoms with E-state index in [0.29, 0.717) is 11.0 Å². The average Bonchev–Trinajstić information content (AvgIpc) is 2.35. The number of nitrogens with zero attached hydrogens (tertiary/aromatic N) is 1. The Morgan fingerprint density at radius 3 is 2.91 bits per heavy atom. The number of nitrogens with two attached hydrogens (primary N) is 2. The third kappa shape index (κ3) is 2.75. The average molecular weight is 192 g/mol. The van der Waals surface area contributed by atoms with E-state index in [-0.39, 0.29) is 6.04 Å². The molecule has 3 nitrogen and oxygen atoms in total. The van der Waals surface area contributed by atoms with E-state index in [4.69, 9.17) is 23.1 Å². The minimum absolute atomic E-state index is 0.0199. The molecule has 1 rings (SSSR count). The molecule has 0 aliphatic heterocycles. The summed E-state index contributed by atoms with van der Waals surface area (Å²) in [6.45, 7) is 0.496. The zero-order valence-electron chi connectivity index (χ0n) is 5.96. The van der Waals surface area contributed by atoms with Crippen molar-refractivity contribution in [1.29, 1.82) is 0 Å². The predicted octanol–water partition coefficient (Wildman–Crippen LogP) is 0.625. The van der Waals surface area contributed by atoms with Gasteiger partial charge in [-0.15, -0.1) is 11.3 Å². The third-order valence-corrected chi connectivity index (χ3v) is 2.43. The van der Waals surface area contributed by atoms with Gasteiger partial charge in [-0.1, -0.05) is 11.6 Å². The van der Waals surface area contributed by atoms with Crippen LogP contribution in [-0.2, 0) is 6.42 Å². The molecule has 0 saturated carbocycles. The van der Waals surface area contributed by atoms with Gasteiger partial charge in [0, 0.05) is 23.7 Å². The summed E-state index contributed by atoms with van der Waals surface area (Å²) in [4.78, 5) is 4.98. The molecule has 0 bridgehead atoms. The van der Waals surface area contributed by atoms with E-state index < -0.39 is 0 Å². The molecule has 1 unspecified atom stereocenters. The maximum Gasteiger partial charge on any atom is 0.183 e. The number of halogens is 1. The Morgan fingerprint density at radius 2 is 2.45 bits per heavy atom. The Bertz CT molecular complexity index is 225. The van der Waals surface area contributed by atoms with Gasteiger partial charge >= 0.3 is 0 Å². The van der Waals surface area contributed by atoms with Crippen LogP contribution in [0.4, 0.5) is 0 Å². The molecule has 11 heavy (non-hydrogen) atoms. The van der Waals surface area contributed by atoms with Gasteiger partial charge in [-0.3, -0.25) is 0 Å². The summed E-state index contributed by atoms with van der Waals surface area (Å²) >= 11 is 7.07. The van der Waals surface area contributed by atoms with E-state index in [1.54, 1.807) is 6.20 Å². The van der Waals surface area contributed by atoms with Gasteiger partial charge in [-0.2, -0.15) is 0 Å². The quantitative estimate of drug-likeness (QED) is 0.737. The lowest BCUT2D eigenvalue weighted by Gasteiger charge is -2.04. The lowest BCUT2D eigenvalue weighted by Crippen LogP contribution is -2.31. The molecule has 5 heteroatoms. The standard InChI is InChI=1S/C6H10ClN3S/c7-6-10-3-5(11-6)1-4(9)2-8/h3-4H,1-2,8-9H2. The third-order valence-electron chi connectivity index (χ3n) is 1.29. The number of hydrogen-bond acceptors (Lipinski definition) is 4. The van der Waals surface area contributed by atoms with Crippen LogP contribution >= 0.6 is 22.9 Å². The highest BCUT2D eigenvalue weighted by molar-refractivity contribution is 7.15. The summed E-state index contributed by atoms with van der Waals surface area (Å²) in [7, 11) is 0. The summed E-state index contributed by atoms with van der Waals surface area (Å²) in [6, 6.07) is 0.0199. The fraction of sp³-hybridized carbons (Fsp3) is 0.500. The van der Waals surface area contributed by atoms with Crippen LogP contribution in [0.1, 0.15) is 4.88 Å². The van der Waals surface area contributed by atoms with Crippen molar-refractivity contribution in [2.75, 3.05) is 6.54 Å². The molecule has 0 radical (unpaired) electrons. The predicted molar refractivity (Wildman–Crippen MR) is 47.9 cm³/mol. The number of thiazole rings is 1. The first-order valence-corrected chi connectivity index (χ1v) is 4.47. The molecular formula is C6H10ClN3S. The van der Waals surface area contributed by atoms with Gasteiger partial charge in [-0.25, -0.2) is 4.98 Å². The van der Waals surface area contributed by atoms with Crippen molar-refractivity contribution < 1.29 is 0 Å². The lowest BCUT2D eigenvalue weighted by molar-refractivity contribution is 0.684. The van der Waals surface area contributed by atoms with E-state index in [9.17, 15) is 0 Å². The van der Waals surface area contributed by atoms with Crippen molar-refractivity contribution in [2.24, 2.45) is 11.5 Å². The Hall–Kier alpha value is -0.160. The maximum absolute atomic E-state index is 5.63. The molecule has 0 saturated heterocycles. The molecular weight excluding hydrogens is 182 g/mol. The normalized spacial score (nSPS) is 13.4. The monoisotopic (exact) mass is 191 g/mol. The summed E-state index contributed by atoms with van der Waals surface area (Å²) in [6.07, 6.45) is 2.50. The second-order valence-electron chi connectivity index (χ2n) is 2.28. The highest BCUT2D eigenvalue weighted by Crippen LogP contribution is 2.18. The Kier molecular flexibility index (Phi) is 3.26. The van der Waals surface area contributed by atoms with Gasteiger partial charge in [0.05, 0.1) is 0 Å². The zero-order valence-corrected chi connectivity index (χ0v) is 7.53. The first kappa shape index (κ1) is 8.93. The number of hydrogen-bond donors (Lipinski definition) is 2. The molecule has 1 heterocycles. The van der Waals surface area contributed by atoms with Crippen LogP contribution in [0.2, 0.25) is 4.47 Å². The smallest absolute Gasteiger partial charge is 0.183 e. The van der Waals surface area contributed by atoms with Crippen LogP contribution in [0.5, 0.6) is 0 Å². The Morgan fingerprint density at radius 1 is 1.73 bits per heavy atom. The van der Waals surface area contributed by atoms with Gasteiger partial charge < -0.3 is 11.5 Å². The van der Waals surface area contributed by atoms with Crippen LogP contribution in [-0.4, -0.2) is 17.6 Å². The second kappa shape index (κ2) is 4.01. The molecule has 1 aromatic heterocycles. The van der Waals surface area contributed by atoms with Crippen molar-refractivity contribution in [3.8, 4) is 0 Å². The molecule has 0 aliphatic carbocycles. The zero-order chi connectivity index (χ0) is 8.27. The second-order valence-corrected chi connectivity index (χ2v) is 3.98. The highest BCUT2D eigenvalue weighted by atomic mass is 35.5. The summed E-state index contributed by atoms with van der Waals surface area (Å²) in [5.74, 6) is 0. The van der Waals surface area contributed by atoms with Crippen molar-refractivity contribution in [2.45, 2.75) is 12.5 Å². The largest absolute Gasteiger partial charge is 0.329 e. The maximum atomic E-state index is 5.63. The summed E-state index contributed by atoms with van der Waals surface area (Å²) in [5.41, 5.74) is 11.0. The fourth-order valence-corrected chi connectivity index (χ4v) is 1.79. The van der Waals surface area contributed by atoms with Gasteiger partial charge in [0.15, 0.2) is 4.47 Å². The van der Waals surface area contributed by atoms with Gasteiger partial charge in [-0.05, 0) is 6.42 Å². The Labute approximate surface area is 74.4 Å². The molecule has 1 aromatic rings. The van der Waals surface area contributed by atoms with Crippen LogP contribution in [0.15, 0.2) is 6.20 Å². The molecule has 0 aromatic carbocycles. The van der Waals surface area contributed by atoms with Crippen molar-refractivity contribution in [1.82, 2.24) is 4.98 Å². The molecule has 62 valence electrons.